The monoisotopic (exact) mass is 712 g/mol. The first kappa shape index (κ1) is 33.2. The molecule has 262 valence electrons. The predicted octanol–water partition coefficient (Wildman–Crippen LogP) is 14.5. The molecule has 2 heteroatoms. The van der Waals surface area contributed by atoms with E-state index in [9.17, 15) is 0 Å². The lowest BCUT2D eigenvalue weighted by atomic mass is 9.94. The second kappa shape index (κ2) is 14.4. The number of hydrogen-bond donors (Lipinski definition) is 0. The van der Waals surface area contributed by atoms with Crippen LogP contribution in [0.2, 0.25) is 0 Å². The molecule has 0 unspecified atom stereocenters. The van der Waals surface area contributed by atoms with E-state index in [2.05, 4.69) is 212 Å². The van der Waals surface area contributed by atoms with E-state index in [0.29, 0.717) is 5.82 Å². The van der Waals surface area contributed by atoms with Crippen LogP contribution in [-0.2, 0) is 0 Å². The predicted molar refractivity (Wildman–Crippen MR) is 235 cm³/mol. The average Bonchev–Trinajstić information content (AvgIpc) is 3.29. The molecule has 10 rings (SSSR count). The first-order valence-corrected chi connectivity index (χ1v) is 19.1. The minimum atomic E-state index is 0.715. The van der Waals surface area contributed by atoms with E-state index in [1.165, 1.54) is 44.5 Å². The second-order valence-electron chi connectivity index (χ2n) is 14.2. The van der Waals surface area contributed by atoms with E-state index in [1.807, 2.05) is 6.07 Å². The molecule has 0 amide bonds. The van der Waals surface area contributed by atoms with Gasteiger partial charge in [-0.25, -0.2) is 9.97 Å². The van der Waals surface area contributed by atoms with Gasteiger partial charge in [-0.15, -0.1) is 0 Å². The van der Waals surface area contributed by atoms with Crippen molar-refractivity contribution in [3.8, 4) is 78.3 Å². The number of benzene rings is 9. The summed E-state index contributed by atoms with van der Waals surface area (Å²) in [6.07, 6.45) is 0. The van der Waals surface area contributed by atoms with Crippen molar-refractivity contribution in [2.45, 2.75) is 0 Å². The Balaban J connectivity index is 1.00. The van der Waals surface area contributed by atoms with Gasteiger partial charge >= 0.3 is 0 Å². The lowest BCUT2D eigenvalue weighted by Crippen LogP contribution is -1.96. The molecule has 0 saturated heterocycles. The topological polar surface area (TPSA) is 25.8 Å². The highest BCUT2D eigenvalue weighted by Gasteiger charge is 2.15. The van der Waals surface area contributed by atoms with Crippen LogP contribution in [-0.4, -0.2) is 9.97 Å². The van der Waals surface area contributed by atoms with E-state index in [4.69, 9.17) is 9.97 Å². The molecule has 0 saturated carbocycles. The molecule has 0 aliphatic heterocycles. The van der Waals surface area contributed by atoms with Crippen LogP contribution in [0.4, 0.5) is 0 Å². The van der Waals surface area contributed by atoms with Crippen LogP contribution in [0, 0.1) is 0 Å². The summed E-state index contributed by atoms with van der Waals surface area (Å²) >= 11 is 0. The van der Waals surface area contributed by atoms with Crippen LogP contribution < -0.4 is 0 Å². The molecule has 10 aromatic rings. The Labute approximate surface area is 327 Å². The summed E-state index contributed by atoms with van der Waals surface area (Å²) in [6.45, 7) is 0. The summed E-state index contributed by atoms with van der Waals surface area (Å²) in [5, 5.41) is 3.32. The third-order valence-electron chi connectivity index (χ3n) is 10.7. The van der Waals surface area contributed by atoms with E-state index in [-0.39, 0.29) is 0 Å². The van der Waals surface area contributed by atoms with Gasteiger partial charge in [0.1, 0.15) is 0 Å². The fourth-order valence-electron chi connectivity index (χ4n) is 7.77. The highest BCUT2D eigenvalue weighted by atomic mass is 14.9. The van der Waals surface area contributed by atoms with Crippen LogP contribution in [0.1, 0.15) is 0 Å². The zero-order chi connectivity index (χ0) is 37.3. The van der Waals surface area contributed by atoms with Crippen LogP contribution in [0.25, 0.3) is 100.0 Å². The van der Waals surface area contributed by atoms with Gasteiger partial charge in [-0.1, -0.05) is 188 Å². The highest BCUT2D eigenvalue weighted by Crippen LogP contribution is 2.36. The maximum Gasteiger partial charge on any atom is 0.160 e. The Morgan fingerprint density at radius 1 is 0.232 bits per heavy atom. The van der Waals surface area contributed by atoms with Crippen molar-refractivity contribution in [2.24, 2.45) is 0 Å². The Morgan fingerprint density at radius 3 is 1.16 bits per heavy atom. The van der Waals surface area contributed by atoms with Crippen molar-refractivity contribution in [3.05, 3.63) is 218 Å². The lowest BCUT2D eigenvalue weighted by Gasteiger charge is -2.13. The quantitative estimate of drug-likeness (QED) is 0.154. The van der Waals surface area contributed by atoms with Gasteiger partial charge in [-0.3, -0.25) is 0 Å². The Morgan fingerprint density at radius 2 is 0.625 bits per heavy atom. The van der Waals surface area contributed by atoms with Crippen molar-refractivity contribution in [2.75, 3.05) is 0 Å². The molecule has 1 aromatic heterocycles. The van der Waals surface area contributed by atoms with Crippen LogP contribution >= 0.6 is 0 Å². The Kier molecular flexibility index (Phi) is 8.55. The third-order valence-corrected chi connectivity index (χ3v) is 10.7. The zero-order valence-corrected chi connectivity index (χ0v) is 30.7. The molecular weight excluding hydrogens is 677 g/mol. The summed E-state index contributed by atoms with van der Waals surface area (Å²) in [5.74, 6) is 0.715. The van der Waals surface area contributed by atoms with Gasteiger partial charge in [0, 0.05) is 21.9 Å². The Hall–Kier alpha value is -7.42. The summed E-state index contributed by atoms with van der Waals surface area (Å²) in [7, 11) is 0. The number of nitrogens with zero attached hydrogens (tertiary/aromatic N) is 2. The number of fused-ring (bicyclic) bond motifs is 3. The number of aromatic nitrogens is 2. The van der Waals surface area contributed by atoms with Gasteiger partial charge in [0.15, 0.2) is 5.82 Å². The highest BCUT2D eigenvalue weighted by molar-refractivity contribution is 6.09. The molecule has 2 nitrogen and oxygen atoms in total. The fourth-order valence-corrected chi connectivity index (χ4v) is 7.77. The van der Waals surface area contributed by atoms with Crippen molar-refractivity contribution in [1.82, 2.24) is 9.97 Å². The first-order valence-electron chi connectivity index (χ1n) is 19.1. The van der Waals surface area contributed by atoms with Crippen LogP contribution in [0.3, 0.4) is 0 Å². The summed E-state index contributed by atoms with van der Waals surface area (Å²) < 4.78 is 0. The Bertz CT molecular complexity index is 3000. The van der Waals surface area contributed by atoms with Gasteiger partial charge in [0.2, 0.25) is 0 Å². The van der Waals surface area contributed by atoms with Crippen molar-refractivity contribution in [1.29, 1.82) is 0 Å². The molecule has 0 radical (unpaired) electrons. The fraction of sp³-hybridized carbons (Fsp3) is 0. The molecule has 0 atom stereocenters. The molecule has 0 spiro atoms. The summed E-state index contributed by atoms with van der Waals surface area (Å²) in [4.78, 5) is 10.5. The van der Waals surface area contributed by atoms with Crippen molar-refractivity contribution in [3.63, 3.8) is 0 Å². The first-order chi connectivity index (χ1) is 27.7. The molecule has 1 heterocycles. The third kappa shape index (κ3) is 6.44. The van der Waals surface area contributed by atoms with Gasteiger partial charge in [0.05, 0.1) is 11.2 Å². The van der Waals surface area contributed by atoms with E-state index >= 15 is 0 Å². The maximum atomic E-state index is 5.28. The van der Waals surface area contributed by atoms with Gasteiger partial charge in [0.25, 0.3) is 0 Å². The second-order valence-corrected chi connectivity index (χ2v) is 14.2. The van der Waals surface area contributed by atoms with Crippen LogP contribution in [0.5, 0.6) is 0 Å². The van der Waals surface area contributed by atoms with E-state index in [0.717, 1.165) is 49.6 Å². The van der Waals surface area contributed by atoms with E-state index < -0.39 is 0 Å². The van der Waals surface area contributed by atoms with E-state index in [1.54, 1.807) is 0 Å². The lowest BCUT2D eigenvalue weighted by molar-refractivity contribution is 1.23. The largest absolute Gasteiger partial charge is 0.227 e. The molecule has 0 fully saturated rings. The molecule has 0 aliphatic rings. The van der Waals surface area contributed by atoms with Gasteiger partial charge in [-0.2, -0.15) is 0 Å². The number of hydrogen-bond acceptors (Lipinski definition) is 2. The van der Waals surface area contributed by atoms with Crippen molar-refractivity contribution >= 4 is 21.7 Å². The molecule has 56 heavy (non-hydrogen) atoms. The summed E-state index contributed by atoms with van der Waals surface area (Å²) in [5.41, 5.74) is 15.8. The average molecular weight is 713 g/mol. The van der Waals surface area contributed by atoms with Gasteiger partial charge in [-0.05, 0) is 91.4 Å². The molecular formula is C54H36N2. The minimum Gasteiger partial charge on any atom is -0.227 e. The smallest absolute Gasteiger partial charge is 0.160 e. The molecule has 0 N–H and O–H groups in total. The minimum absolute atomic E-state index is 0.715. The summed E-state index contributed by atoms with van der Waals surface area (Å²) in [6, 6.07) is 77.7. The molecule has 0 aliphatic carbocycles. The van der Waals surface area contributed by atoms with Crippen LogP contribution in [0.15, 0.2) is 218 Å². The SMILES string of the molecule is c1ccc(-c2cccc(-c3cccc(-c4cccc(-c5ccc(-c6nc(-c7cccc(-c8ccccc8)c7)nc7c6ccc6ccccc67)cc5)c4)c3)c2)cc1. The standard InChI is InChI=1S/C54H36N2/c1-3-13-37(14-4-1)42-18-9-21-45(33-42)47-23-11-24-48(35-47)46-22-10-19-43(34-46)39-27-29-41(30-28-39)52-51-32-31-40-17-7-8-26-50(40)53(51)56-54(55-52)49-25-12-20-44(36-49)38-15-5-2-6-16-38/h1-36H. The molecule has 0 bridgehead atoms. The van der Waals surface area contributed by atoms with Gasteiger partial charge < -0.3 is 0 Å². The molecule has 9 aromatic carbocycles. The normalized spacial score (nSPS) is 11.2. The maximum absolute atomic E-state index is 5.28. The zero-order valence-electron chi connectivity index (χ0n) is 30.7. The van der Waals surface area contributed by atoms with Crippen molar-refractivity contribution < 1.29 is 0 Å². The number of rotatable bonds is 7.